The minimum atomic E-state index is -1.17. The van der Waals surface area contributed by atoms with Gasteiger partial charge in [-0.3, -0.25) is 34.3 Å². The fraction of sp³-hybridized carbons (Fsp3) is 0.396. The van der Waals surface area contributed by atoms with Gasteiger partial charge in [0, 0.05) is 78.9 Å². The number of ether oxygens (including phenoxy) is 2. The first-order valence-electron chi connectivity index (χ1n) is 24.1. The predicted octanol–water partition coefficient (Wildman–Crippen LogP) is 7.72. The largest absolute Gasteiger partial charge is 0.495 e. The van der Waals surface area contributed by atoms with Crippen LogP contribution in [-0.4, -0.2) is 96.7 Å². The van der Waals surface area contributed by atoms with Gasteiger partial charge in [-0.05, 0) is 155 Å². The Morgan fingerprint density at radius 2 is 1.52 bits per heavy atom. The summed E-state index contributed by atoms with van der Waals surface area (Å²) in [5.41, 5.74) is 4.10. The van der Waals surface area contributed by atoms with Crippen molar-refractivity contribution in [1.82, 2.24) is 20.1 Å². The summed E-state index contributed by atoms with van der Waals surface area (Å²) in [5, 5.41) is 12.4. The normalized spacial score (nSPS) is 19.5. The van der Waals surface area contributed by atoms with Gasteiger partial charge in [0.1, 0.15) is 34.5 Å². The van der Waals surface area contributed by atoms with Gasteiger partial charge in [0.15, 0.2) is 0 Å². The van der Waals surface area contributed by atoms with Gasteiger partial charge in [-0.2, -0.15) is 0 Å². The molecule has 5 aliphatic rings. The lowest BCUT2D eigenvalue weighted by molar-refractivity contribution is -0.137. The van der Waals surface area contributed by atoms with E-state index in [4.69, 9.17) is 14.5 Å². The van der Waals surface area contributed by atoms with Crippen molar-refractivity contribution in [2.24, 2.45) is 17.3 Å². The van der Waals surface area contributed by atoms with Crippen molar-refractivity contribution in [1.29, 1.82) is 0 Å². The van der Waals surface area contributed by atoms with Crippen molar-refractivity contribution in [2.45, 2.75) is 70.4 Å². The maximum Gasteiger partial charge on any atom is 0.255 e. The van der Waals surface area contributed by atoms with Crippen LogP contribution in [0.2, 0.25) is 0 Å². The maximum absolute atomic E-state index is 13.3. The number of nitrogens with zero attached hydrogens (tertiary/aromatic N) is 4. The summed E-state index contributed by atoms with van der Waals surface area (Å²) in [6.07, 6.45) is 8.74. The van der Waals surface area contributed by atoms with E-state index in [0.717, 1.165) is 105 Å². The summed E-state index contributed by atoms with van der Waals surface area (Å²) in [6, 6.07) is 23.5. The van der Waals surface area contributed by atoms with Crippen LogP contribution in [0.5, 0.6) is 17.2 Å². The number of fused-ring (bicyclic) bond motifs is 2. The molecule has 1 atom stereocenters. The molecule has 4 aliphatic heterocycles. The zero-order valence-corrected chi connectivity index (χ0v) is 38.7. The maximum atomic E-state index is 13.3. The number of halogens is 1. The highest BCUT2D eigenvalue weighted by Gasteiger charge is 2.56. The Balaban J connectivity index is 0.677. The van der Waals surface area contributed by atoms with Crippen LogP contribution in [0, 0.1) is 23.1 Å². The van der Waals surface area contributed by atoms with E-state index >= 15 is 0 Å². The van der Waals surface area contributed by atoms with Gasteiger partial charge in [-0.25, -0.2) is 4.39 Å². The molecule has 1 aliphatic carbocycles. The molecule has 10 rings (SSSR count). The number of amides is 5. The SMILES string of the molecule is COc1cc2c(Oc3ccc(NC(=O)C4(C(=O)Nc5ccc(F)cc5)CC4)cc3)ccnc2cc1N1CCC(CN2CCC(CCNc3cccc4c3CN([C@H]3CCC(=O)NC3=O)C4=O)CC2)CC1. The number of carbonyl (C=O) groups is 5. The second-order valence-electron chi connectivity index (χ2n) is 19.1. The van der Waals surface area contributed by atoms with Crippen LogP contribution in [0.4, 0.5) is 27.1 Å². The van der Waals surface area contributed by atoms with E-state index in [0.29, 0.717) is 66.1 Å². The van der Waals surface area contributed by atoms with Gasteiger partial charge in [-0.15, -0.1) is 0 Å². The summed E-state index contributed by atoms with van der Waals surface area (Å²) in [5.74, 6) is 1.15. The highest BCUT2D eigenvalue weighted by atomic mass is 19.1. The van der Waals surface area contributed by atoms with Gasteiger partial charge in [-0.1, -0.05) is 6.07 Å². The summed E-state index contributed by atoms with van der Waals surface area (Å²) < 4.78 is 25.6. The molecule has 4 N–H and O–H groups in total. The first-order valence-corrected chi connectivity index (χ1v) is 24.1. The number of pyridine rings is 1. The highest BCUT2D eigenvalue weighted by Crippen LogP contribution is 2.48. The fourth-order valence-corrected chi connectivity index (χ4v) is 10.4. The molecule has 0 spiro atoms. The summed E-state index contributed by atoms with van der Waals surface area (Å²) >= 11 is 0. The number of carbonyl (C=O) groups excluding carboxylic acids is 5. The topological polar surface area (TPSA) is 175 Å². The molecule has 69 heavy (non-hydrogen) atoms. The van der Waals surface area contributed by atoms with Crippen molar-refractivity contribution < 1.29 is 37.8 Å². The Bertz CT molecular complexity index is 2770. The summed E-state index contributed by atoms with van der Waals surface area (Å²) in [7, 11) is 1.69. The number of rotatable bonds is 15. The molecule has 3 saturated heterocycles. The minimum absolute atomic E-state index is 0.152. The smallest absolute Gasteiger partial charge is 0.255 e. The van der Waals surface area contributed by atoms with E-state index in [2.05, 4.69) is 37.1 Å². The van der Waals surface area contributed by atoms with E-state index in [1.54, 1.807) is 42.5 Å². The Kier molecular flexibility index (Phi) is 12.9. The highest BCUT2D eigenvalue weighted by molar-refractivity contribution is 6.17. The van der Waals surface area contributed by atoms with E-state index < -0.39 is 29.1 Å². The zero-order valence-electron chi connectivity index (χ0n) is 38.7. The third-order valence-corrected chi connectivity index (χ3v) is 14.7. The molecule has 0 radical (unpaired) electrons. The monoisotopic (exact) mass is 936 g/mol. The third-order valence-electron chi connectivity index (χ3n) is 14.7. The van der Waals surface area contributed by atoms with Crippen molar-refractivity contribution in [2.75, 3.05) is 67.2 Å². The number of anilines is 4. The van der Waals surface area contributed by atoms with Crippen LogP contribution in [0.1, 0.15) is 73.7 Å². The predicted molar refractivity (Wildman–Crippen MR) is 260 cm³/mol. The van der Waals surface area contributed by atoms with Crippen LogP contribution in [-0.2, 0) is 25.7 Å². The number of hydrogen-bond donors (Lipinski definition) is 4. The molecule has 0 unspecified atom stereocenters. The van der Waals surface area contributed by atoms with Crippen molar-refractivity contribution in [3.8, 4) is 17.2 Å². The summed E-state index contributed by atoms with van der Waals surface area (Å²) in [4.78, 5) is 75.1. The molecule has 1 aromatic heterocycles. The van der Waals surface area contributed by atoms with Crippen LogP contribution in [0.25, 0.3) is 10.9 Å². The first kappa shape index (κ1) is 45.7. The number of aromatic nitrogens is 1. The molecular weight excluding hydrogens is 880 g/mol. The fourth-order valence-electron chi connectivity index (χ4n) is 10.4. The second-order valence-corrected chi connectivity index (χ2v) is 19.1. The minimum Gasteiger partial charge on any atom is -0.495 e. The lowest BCUT2D eigenvalue weighted by Gasteiger charge is -2.38. The lowest BCUT2D eigenvalue weighted by atomic mass is 9.91. The molecular formula is C53H57FN8O7. The van der Waals surface area contributed by atoms with Crippen LogP contribution in [0.15, 0.2) is 91.1 Å². The molecule has 5 heterocycles. The van der Waals surface area contributed by atoms with E-state index in [1.165, 1.54) is 24.3 Å². The number of nitrogens with one attached hydrogen (secondary N) is 4. The van der Waals surface area contributed by atoms with Gasteiger partial charge in [0.2, 0.25) is 23.6 Å². The number of hydrogen-bond acceptors (Lipinski definition) is 11. The molecule has 4 fully saturated rings. The average molecular weight is 937 g/mol. The van der Waals surface area contributed by atoms with Crippen molar-refractivity contribution >= 4 is 63.2 Å². The third kappa shape index (κ3) is 9.80. The Hall–Kier alpha value is -7.07. The molecule has 16 heteroatoms. The molecule has 1 saturated carbocycles. The zero-order chi connectivity index (χ0) is 47.6. The van der Waals surface area contributed by atoms with E-state index in [9.17, 15) is 28.4 Å². The number of imide groups is 1. The van der Waals surface area contributed by atoms with Gasteiger partial charge in [0.25, 0.3) is 5.91 Å². The van der Waals surface area contributed by atoms with E-state index in [1.807, 2.05) is 30.3 Å². The van der Waals surface area contributed by atoms with Gasteiger partial charge in [0.05, 0.1) is 18.3 Å². The molecule has 358 valence electrons. The summed E-state index contributed by atoms with van der Waals surface area (Å²) in [6.45, 7) is 6.33. The van der Waals surface area contributed by atoms with Crippen LogP contribution >= 0.6 is 0 Å². The molecule has 4 aromatic carbocycles. The van der Waals surface area contributed by atoms with Crippen molar-refractivity contribution in [3.05, 3.63) is 108 Å². The number of piperidine rings is 3. The second kappa shape index (κ2) is 19.5. The molecule has 5 amide bonds. The lowest BCUT2D eigenvalue weighted by Crippen LogP contribution is -2.52. The Labute approximate surface area is 400 Å². The van der Waals surface area contributed by atoms with Gasteiger partial charge < -0.3 is 40.1 Å². The van der Waals surface area contributed by atoms with Crippen LogP contribution in [0.3, 0.4) is 0 Å². The van der Waals surface area contributed by atoms with E-state index in [-0.39, 0.29) is 24.1 Å². The molecule has 0 bridgehead atoms. The molecule has 15 nitrogen and oxygen atoms in total. The number of methoxy groups -OCH3 is 1. The number of likely N-dealkylation sites (tertiary alicyclic amines) is 1. The average Bonchev–Trinajstić information content (AvgIpc) is 4.12. The Morgan fingerprint density at radius 3 is 2.20 bits per heavy atom. The number of benzene rings is 4. The van der Waals surface area contributed by atoms with Crippen molar-refractivity contribution in [3.63, 3.8) is 0 Å². The van der Waals surface area contributed by atoms with Crippen LogP contribution < -0.4 is 35.6 Å². The standard InChI is InChI=1S/C53H57FN8O7/c1-68-47-29-40-43(56-24-16-46(40)69-38-11-9-37(10-12-38)58-52(67)53(21-22-53)51(66)57-36-7-5-35(54)6-8-36)30-45(47)61-27-19-34(20-28-61)31-60-25-17-33(18-26-60)15-23-55-42-4-2-3-39-41(42)32-62(50(39)65)44-13-14-48(63)59-49(44)64/h2-12,16,24,29-30,33-34,44,55H,13-15,17-23,25-28,31-32H2,1H3,(H,57,66)(H,58,67)(H,59,63,64)/t44-/m0/s1. The first-order chi connectivity index (χ1) is 33.5. The van der Waals surface area contributed by atoms with Gasteiger partial charge >= 0.3 is 0 Å². The molecule has 5 aromatic rings. The Morgan fingerprint density at radius 1 is 0.826 bits per heavy atom. The quantitative estimate of drug-likeness (QED) is 0.0598.